The average molecular weight is 155 g/mol. The fraction of sp³-hybridized carbons (Fsp3) is 0.500. The molecule has 11 heavy (non-hydrogen) atoms. The van der Waals surface area contributed by atoms with Crippen molar-refractivity contribution in [1.29, 1.82) is 0 Å². The van der Waals surface area contributed by atoms with Gasteiger partial charge in [-0.25, -0.2) is 0 Å². The minimum atomic E-state index is -0.189. The molecule has 0 atom stereocenters. The number of ketones is 1. The van der Waals surface area contributed by atoms with Crippen molar-refractivity contribution in [2.24, 2.45) is 0 Å². The Morgan fingerprint density at radius 1 is 1.36 bits per heavy atom. The van der Waals surface area contributed by atoms with E-state index in [4.69, 9.17) is 0 Å². The molecule has 0 aliphatic rings. The van der Waals surface area contributed by atoms with Crippen LogP contribution in [0.3, 0.4) is 0 Å². The number of amides is 1. The summed E-state index contributed by atoms with van der Waals surface area (Å²) in [5, 5.41) is 2.55. The zero-order valence-electron chi connectivity index (χ0n) is 6.94. The molecule has 1 amide bonds. The molecule has 0 unspecified atom stereocenters. The SMILES string of the molecule is C=C(C)C(=O)NCCC(C)=O. The van der Waals surface area contributed by atoms with Crippen LogP contribution in [0.15, 0.2) is 12.2 Å². The van der Waals surface area contributed by atoms with E-state index in [0.717, 1.165) is 0 Å². The lowest BCUT2D eigenvalue weighted by molar-refractivity contribution is -0.118. The molecule has 0 aromatic heterocycles. The number of carbonyl (C=O) groups is 2. The second-order valence-corrected chi connectivity index (χ2v) is 2.49. The summed E-state index contributed by atoms with van der Waals surface area (Å²) in [6.07, 6.45) is 0.388. The van der Waals surface area contributed by atoms with Crippen LogP contribution < -0.4 is 5.32 Å². The Balaban J connectivity index is 3.47. The van der Waals surface area contributed by atoms with Gasteiger partial charge in [0.05, 0.1) is 0 Å². The van der Waals surface area contributed by atoms with Crippen molar-refractivity contribution in [3.05, 3.63) is 12.2 Å². The van der Waals surface area contributed by atoms with Crippen LogP contribution in [0.1, 0.15) is 20.3 Å². The first-order valence-corrected chi connectivity index (χ1v) is 3.47. The molecule has 0 aromatic carbocycles. The van der Waals surface area contributed by atoms with Crippen molar-refractivity contribution in [2.75, 3.05) is 6.54 Å². The molecule has 0 radical (unpaired) electrons. The van der Waals surface area contributed by atoms with Gasteiger partial charge in [-0.15, -0.1) is 0 Å². The molecule has 0 fully saturated rings. The summed E-state index contributed by atoms with van der Waals surface area (Å²) in [5.41, 5.74) is 0.466. The Labute approximate surface area is 66.5 Å². The number of hydrogen-bond acceptors (Lipinski definition) is 2. The highest BCUT2D eigenvalue weighted by atomic mass is 16.1. The zero-order valence-corrected chi connectivity index (χ0v) is 6.94. The van der Waals surface area contributed by atoms with E-state index in [1.54, 1.807) is 6.92 Å². The van der Waals surface area contributed by atoms with E-state index in [9.17, 15) is 9.59 Å². The lowest BCUT2D eigenvalue weighted by Crippen LogP contribution is -2.25. The monoisotopic (exact) mass is 155 g/mol. The zero-order chi connectivity index (χ0) is 8.85. The van der Waals surface area contributed by atoms with Crippen molar-refractivity contribution in [3.8, 4) is 0 Å². The first-order chi connectivity index (χ1) is 5.04. The van der Waals surface area contributed by atoms with E-state index in [1.807, 2.05) is 0 Å². The molecule has 0 bridgehead atoms. The Morgan fingerprint density at radius 3 is 2.27 bits per heavy atom. The summed E-state index contributed by atoms with van der Waals surface area (Å²) < 4.78 is 0. The van der Waals surface area contributed by atoms with Gasteiger partial charge in [0.25, 0.3) is 0 Å². The van der Waals surface area contributed by atoms with Gasteiger partial charge in [-0.2, -0.15) is 0 Å². The first kappa shape index (κ1) is 9.88. The molecule has 0 saturated carbocycles. The summed E-state index contributed by atoms with van der Waals surface area (Å²) in [5.74, 6) is -0.113. The molecule has 0 aliphatic heterocycles. The van der Waals surface area contributed by atoms with Crippen molar-refractivity contribution in [1.82, 2.24) is 5.32 Å². The van der Waals surface area contributed by atoms with Crippen LogP contribution in [0.4, 0.5) is 0 Å². The summed E-state index contributed by atoms with van der Waals surface area (Å²) >= 11 is 0. The molecule has 0 aromatic rings. The van der Waals surface area contributed by atoms with Gasteiger partial charge < -0.3 is 5.32 Å². The van der Waals surface area contributed by atoms with E-state index in [0.29, 0.717) is 18.5 Å². The maximum atomic E-state index is 10.8. The highest BCUT2D eigenvalue weighted by Crippen LogP contribution is 1.86. The fourth-order valence-corrected chi connectivity index (χ4v) is 0.503. The maximum Gasteiger partial charge on any atom is 0.246 e. The summed E-state index contributed by atoms with van der Waals surface area (Å²) in [4.78, 5) is 21.2. The van der Waals surface area contributed by atoms with Crippen molar-refractivity contribution >= 4 is 11.7 Å². The second kappa shape index (κ2) is 4.66. The molecular formula is C8H13NO2. The topological polar surface area (TPSA) is 46.2 Å². The van der Waals surface area contributed by atoms with Crippen molar-refractivity contribution in [3.63, 3.8) is 0 Å². The van der Waals surface area contributed by atoms with E-state index < -0.39 is 0 Å². The molecule has 3 nitrogen and oxygen atoms in total. The van der Waals surface area contributed by atoms with Gasteiger partial charge in [0.2, 0.25) is 5.91 Å². The van der Waals surface area contributed by atoms with Crippen LogP contribution in [0.25, 0.3) is 0 Å². The van der Waals surface area contributed by atoms with Gasteiger partial charge >= 0.3 is 0 Å². The van der Waals surface area contributed by atoms with Crippen LogP contribution in [0.5, 0.6) is 0 Å². The molecule has 0 spiro atoms. The smallest absolute Gasteiger partial charge is 0.246 e. The van der Waals surface area contributed by atoms with Gasteiger partial charge in [-0.3, -0.25) is 9.59 Å². The van der Waals surface area contributed by atoms with Gasteiger partial charge in [0.15, 0.2) is 0 Å². The number of rotatable bonds is 4. The van der Waals surface area contributed by atoms with Gasteiger partial charge in [0.1, 0.15) is 5.78 Å². The van der Waals surface area contributed by atoms with Crippen molar-refractivity contribution < 1.29 is 9.59 Å². The Morgan fingerprint density at radius 2 is 1.91 bits per heavy atom. The summed E-state index contributed by atoms with van der Waals surface area (Å²) in [6, 6.07) is 0. The Hall–Kier alpha value is -1.12. The maximum absolute atomic E-state index is 10.8. The van der Waals surface area contributed by atoms with Gasteiger partial charge in [-0.1, -0.05) is 6.58 Å². The number of hydrogen-bond donors (Lipinski definition) is 1. The normalized spacial score (nSPS) is 8.91. The molecule has 0 rings (SSSR count). The molecule has 1 N–H and O–H groups in total. The lowest BCUT2D eigenvalue weighted by atomic mass is 10.3. The first-order valence-electron chi connectivity index (χ1n) is 3.47. The van der Waals surface area contributed by atoms with Crippen LogP contribution >= 0.6 is 0 Å². The van der Waals surface area contributed by atoms with E-state index in [1.165, 1.54) is 6.92 Å². The van der Waals surface area contributed by atoms with Crippen LogP contribution in [0, 0.1) is 0 Å². The fourth-order valence-electron chi connectivity index (χ4n) is 0.503. The minimum absolute atomic E-state index is 0.0759. The molecule has 0 aliphatic carbocycles. The Kier molecular flexibility index (Phi) is 4.18. The third-order valence-corrected chi connectivity index (χ3v) is 1.15. The third-order valence-electron chi connectivity index (χ3n) is 1.15. The molecule has 3 heteroatoms. The highest BCUT2D eigenvalue weighted by Gasteiger charge is 2.00. The highest BCUT2D eigenvalue weighted by molar-refractivity contribution is 5.92. The number of Topliss-reactive ketones (excluding diaryl/α,β-unsaturated/α-hetero) is 1. The van der Waals surface area contributed by atoms with E-state index >= 15 is 0 Å². The van der Waals surface area contributed by atoms with Crippen LogP contribution in [-0.2, 0) is 9.59 Å². The number of carbonyl (C=O) groups excluding carboxylic acids is 2. The number of nitrogens with one attached hydrogen (secondary N) is 1. The van der Waals surface area contributed by atoms with Crippen LogP contribution in [0.2, 0.25) is 0 Å². The summed E-state index contributed by atoms with van der Waals surface area (Å²) in [6.45, 7) is 6.98. The summed E-state index contributed by atoms with van der Waals surface area (Å²) in [7, 11) is 0. The predicted molar refractivity (Wildman–Crippen MR) is 43.1 cm³/mol. The Bertz CT molecular complexity index is 185. The van der Waals surface area contributed by atoms with Crippen LogP contribution in [-0.4, -0.2) is 18.2 Å². The predicted octanol–water partition coefficient (Wildman–Crippen LogP) is 0.658. The van der Waals surface area contributed by atoms with Crippen molar-refractivity contribution in [2.45, 2.75) is 20.3 Å². The standard InChI is InChI=1S/C8H13NO2/c1-6(2)8(11)9-5-4-7(3)10/h1,4-5H2,2-3H3,(H,9,11). The molecule has 62 valence electrons. The molecule has 0 heterocycles. The lowest BCUT2D eigenvalue weighted by Gasteiger charge is -2.01. The molecular weight excluding hydrogens is 142 g/mol. The quantitative estimate of drug-likeness (QED) is 0.606. The van der Waals surface area contributed by atoms with Gasteiger partial charge in [-0.05, 0) is 13.8 Å². The average Bonchev–Trinajstić information content (AvgIpc) is 1.86. The van der Waals surface area contributed by atoms with E-state index in [2.05, 4.69) is 11.9 Å². The van der Waals surface area contributed by atoms with E-state index in [-0.39, 0.29) is 11.7 Å². The third kappa shape index (κ3) is 5.33. The molecule has 0 saturated heterocycles. The minimum Gasteiger partial charge on any atom is -0.352 e. The second-order valence-electron chi connectivity index (χ2n) is 2.49. The van der Waals surface area contributed by atoms with Gasteiger partial charge in [0, 0.05) is 18.5 Å². The largest absolute Gasteiger partial charge is 0.352 e.